The van der Waals surface area contributed by atoms with Crippen LogP contribution in [-0.4, -0.2) is 19.3 Å². The van der Waals surface area contributed by atoms with Crippen molar-refractivity contribution in [2.24, 2.45) is 0 Å². The van der Waals surface area contributed by atoms with Crippen molar-refractivity contribution < 1.29 is 13.5 Å². The molecule has 0 heterocycles. The number of phenolic OH excluding ortho intramolecular Hbond substituents is 1. The number of benzene rings is 1. The van der Waals surface area contributed by atoms with Crippen molar-refractivity contribution >= 4 is 25.8 Å². The molecule has 0 unspecified atom stereocenters. The minimum Gasteiger partial charge on any atom is -0.507 e. The largest absolute Gasteiger partial charge is 0.507 e. The normalized spacial score (nSPS) is 11.6. The summed E-state index contributed by atoms with van der Waals surface area (Å²) in [6, 6.07) is 4.77. The number of sulfone groups is 1. The van der Waals surface area contributed by atoms with Gasteiger partial charge in [0, 0.05) is 5.75 Å². The molecule has 0 saturated heterocycles. The zero-order valence-corrected chi connectivity index (χ0v) is 10.1. The summed E-state index contributed by atoms with van der Waals surface area (Å²) in [4.78, 5) is 0. The molecule has 1 aromatic rings. The smallest absolute Gasteiger partial charge is 0.154 e. The van der Waals surface area contributed by atoms with Crippen LogP contribution in [0.25, 0.3) is 0 Å². The van der Waals surface area contributed by atoms with E-state index in [1.165, 1.54) is 6.07 Å². The molecule has 1 N–H and O–H groups in total. The molecular weight excluding hydrogens is 268 g/mol. The second-order valence-corrected chi connectivity index (χ2v) is 6.17. The van der Waals surface area contributed by atoms with Gasteiger partial charge in [0.2, 0.25) is 0 Å². The Bertz CT molecular complexity index is 426. The van der Waals surface area contributed by atoms with Crippen LogP contribution in [0.15, 0.2) is 22.7 Å². The lowest BCUT2D eigenvalue weighted by Crippen LogP contribution is -2.06. The standard InChI is InChI=1S/C9H11BrO3S/c1-2-14(12,13)6-7-3-4-8(10)9(11)5-7/h3-5,11H,2,6H2,1H3. The molecule has 0 saturated carbocycles. The molecule has 0 bridgehead atoms. The Hall–Kier alpha value is -0.550. The lowest BCUT2D eigenvalue weighted by atomic mass is 10.2. The fourth-order valence-corrected chi connectivity index (χ4v) is 2.14. The minimum absolute atomic E-state index is 0.0235. The Morgan fingerprint density at radius 1 is 1.43 bits per heavy atom. The number of phenols is 1. The molecule has 0 radical (unpaired) electrons. The molecule has 1 rings (SSSR count). The maximum Gasteiger partial charge on any atom is 0.154 e. The molecule has 0 aromatic heterocycles. The Morgan fingerprint density at radius 3 is 2.57 bits per heavy atom. The van der Waals surface area contributed by atoms with E-state index < -0.39 is 9.84 Å². The fourth-order valence-electron chi connectivity index (χ4n) is 1.00. The van der Waals surface area contributed by atoms with Crippen LogP contribution in [0.4, 0.5) is 0 Å². The van der Waals surface area contributed by atoms with Crippen molar-refractivity contribution in [3.63, 3.8) is 0 Å². The van der Waals surface area contributed by atoms with Crippen LogP contribution in [0.1, 0.15) is 12.5 Å². The van der Waals surface area contributed by atoms with Gasteiger partial charge in [0.05, 0.1) is 10.2 Å². The minimum atomic E-state index is -3.03. The molecule has 1 aromatic carbocycles. The van der Waals surface area contributed by atoms with Crippen LogP contribution in [0.2, 0.25) is 0 Å². The van der Waals surface area contributed by atoms with E-state index in [0.29, 0.717) is 10.0 Å². The fraction of sp³-hybridized carbons (Fsp3) is 0.333. The molecule has 0 spiro atoms. The molecule has 0 aliphatic carbocycles. The number of rotatable bonds is 3. The first-order valence-corrected chi connectivity index (χ1v) is 6.74. The highest BCUT2D eigenvalue weighted by Gasteiger charge is 2.09. The third kappa shape index (κ3) is 2.99. The van der Waals surface area contributed by atoms with E-state index in [1.54, 1.807) is 19.1 Å². The van der Waals surface area contributed by atoms with Gasteiger partial charge in [-0.2, -0.15) is 0 Å². The highest BCUT2D eigenvalue weighted by atomic mass is 79.9. The molecule has 0 amide bonds. The number of hydrogen-bond donors (Lipinski definition) is 1. The van der Waals surface area contributed by atoms with Crippen LogP contribution in [0, 0.1) is 0 Å². The first-order chi connectivity index (χ1) is 6.44. The third-order valence-electron chi connectivity index (χ3n) is 1.84. The van der Waals surface area contributed by atoms with Crippen LogP contribution in [-0.2, 0) is 15.6 Å². The van der Waals surface area contributed by atoms with Gasteiger partial charge in [-0.1, -0.05) is 13.0 Å². The summed E-state index contributed by atoms with van der Waals surface area (Å²) in [7, 11) is -3.03. The molecule has 0 fully saturated rings. The zero-order valence-electron chi connectivity index (χ0n) is 7.70. The summed E-state index contributed by atoms with van der Waals surface area (Å²) in [6.07, 6.45) is 0. The van der Waals surface area contributed by atoms with Gasteiger partial charge in [0.1, 0.15) is 5.75 Å². The quantitative estimate of drug-likeness (QED) is 0.921. The van der Waals surface area contributed by atoms with Gasteiger partial charge >= 0.3 is 0 Å². The van der Waals surface area contributed by atoms with Gasteiger partial charge in [-0.25, -0.2) is 8.42 Å². The van der Waals surface area contributed by atoms with E-state index in [1.807, 2.05) is 0 Å². The third-order valence-corrected chi connectivity index (χ3v) is 4.16. The molecule has 78 valence electrons. The maximum atomic E-state index is 11.3. The van der Waals surface area contributed by atoms with Gasteiger partial charge < -0.3 is 5.11 Å². The van der Waals surface area contributed by atoms with Crippen molar-refractivity contribution in [2.75, 3.05) is 5.75 Å². The number of aromatic hydroxyl groups is 1. The van der Waals surface area contributed by atoms with Gasteiger partial charge in [-0.05, 0) is 33.6 Å². The van der Waals surface area contributed by atoms with E-state index in [9.17, 15) is 13.5 Å². The predicted molar refractivity (Wildman–Crippen MR) is 59.0 cm³/mol. The van der Waals surface area contributed by atoms with Crippen molar-refractivity contribution in [3.8, 4) is 5.75 Å². The summed E-state index contributed by atoms with van der Waals surface area (Å²) in [6.45, 7) is 1.61. The van der Waals surface area contributed by atoms with Crippen molar-refractivity contribution in [1.82, 2.24) is 0 Å². The summed E-state index contributed by atoms with van der Waals surface area (Å²) in [5, 5.41) is 9.33. The average Bonchev–Trinajstić information content (AvgIpc) is 2.11. The molecule has 0 aliphatic heterocycles. The SMILES string of the molecule is CCS(=O)(=O)Cc1ccc(Br)c(O)c1. The van der Waals surface area contributed by atoms with E-state index in [4.69, 9.17) is 0 Å². The van der Waals surface area contributed by atoms with E-state index in [-0.39, 0.29) is 17.3 Å². The van der Waals surface area contributed by atoms with Crippen molar-refractivity contribution in [2.45, 2.75) is 12.7 Å². The average molecular weight is 279 g/mol. The highest BCUT2D eigenvalue weighted by Crippen LogP contribution is 2.25. The Balaban J connectivity index is 2.94. The summed E-state index contributed by atoms with van der Waals surface area (Å²) >= 11 is 3.13. The van der Waals surface area contributed by atoms with E-state index >= 15 is 0 Å². The second-order valence-electron chi connectivity index (χ2n) is 2.96. The lowest BCUT2D eigenvalue weighted by Gasteiger charge is -2.03. The lowest BCUT2D eigenvalue weighted by molar-refractivity contribution is 0.471. The maximum absolute atomic E-state index is 11.3. The highest BCUT2D eigenvalue weighted by molar-refractivity contribution is 9.10. The van der Waals surface area contributed by atoms with Gasteiger partial charge in [0.25, 0.3) is 0 Å². The first-order valence-electron chi connectivity index (χ1n) is 4.12. The Labute approximate surface area is 91.8 Å². The summed E-state index contributed by atoms with van der Waals surface area (Å²) in [5.41, 5.74) is 0.604. The van der Waals surface area contributed by atoms with Crippen molar-refractivity contribution in [3.05, 3.63) is 28.2 Å². The predicted octanol–water partition coefficient (Wildman–Crippen LogP) is 2.09. The second kappa shape index (κ2) is 4.31. The van der Waals surface area contributed by atoms with Crippen LogP contribution in [0.5, 0.6) is 5.75 Å². The molecular formula is C9H11BrO3S. The molecule has 3 nitrogen and oxygen atoms in total. The first kappa shape index (κ1) is 11.5. The summed E-state index contributed by atoms with van der Waals surface area (Å²) < 4.78 is 23.1. The zero-order chi connectivity index (χ0) is 10.8. The Kier molecular flexibility index (Phi) is 3.55. The van der Waals surface area contributed by atoms with Crippen LogP contribution >= 0.6 is 15.9 Å². The van der Waals surface area contributed by atoms with E-state index in [2.05, 4.69) is 15.9 Å². The van der Waals surface area contributed by atoms with Crippen LogP contribution < -0.4 is 0 Å². The van der Waals surface area contributed by atoms with Crippen molar-refractivity contribution in [1.29, 1.82) is 0 Å². The number of halogens is 1. The summed E-state index contributed by atoms with van der Waals surface area (Å²) in [5.74, 6) is 0.155. The van der Waals surface area contributed by atoms with Crippen LogP contribution in [0.3, 0.4) is 0 Å². The molecule has 5 heteroatoms. The Morgan fingerprint density at radius 2 is 2.07 bits per heavy atom. The van der Waals surface area contributed by atoms with Gasteiger partial charge in [-0.3, -0.25) is 0 Å². The van der Waals surface area contributed by atoms with Gasteiger partial charge in [0.15, 0.2) is 9.84 Å². The molecule has 0 atom stereocenters. The monoisotopic (exact) mass is 278 g/mol. The van der Waals surface area contributed by atoms with E-state index in [0.717, 1.165) is 0 Å². The van der Waals surface area contributed by atoms with Gasteiger partial charge in [-0.15, -0.1) is 0 Å². The number of hydrogen-bond acceptors (Lipinski definition) is 3. The topological polar surface area (TPSA) is 54.4 Å². The molecule has 14 heavy (non-hydrogen) atoms. The molecule has 0 aliphatic rings.